The molecule has 1 fully saturated rings. The van der Waals surface area contributed by atoms with E-state index >= 15 is 0 Å². The van der Waals surface area contributed by atoms with Crippen molar-refractivity contribution >= 4 is 39.0 Å². The van der Waals surface area contributed by atoms with Gasteiger partial charge in [0.2, 0.25) is 5.91 Å². The molecule has 2 heterocycles. The summed E-state index contributed by atoms with van der Waals surface area (Å²) in [6.07, 6.45) is 2.13. The van der Waals surface area contributed by atoms with Crippen LogP contribution in [0.25, 0.3) is 0 Å². The summed E-state index contributed by atoms with van der Waals surface area (Å²) >= 11 is 6.02. The van der Waals surface area contributed by atoms with E-state index in [1.807, 2.05) is 30.0 Å². The summed E-state index contributed by atoms with van der Waals surface area (Å²) < 4.78 is 34.8. The number of rotatable bonds is 6. The van der Waals surface area contributed by atoms with Gasteiger partial charge in [0, 0.05) is 61.8 Å². The molecule has 11 heteroatoms. The Morgan fingerprint density at radius 3 is 2.45 bits per heavy atom. The molecule has 0 bridgehead atoms. The zero-order valence-corrected chi connectivity index (χ0v) is 20.5. The van der Waals surface area contributed by atoms with Crippen LogP contribution in [0.2, 0.25) is 5.02 Å². The lowest BCUT2D eigenvalue weighted by Crippen LogP contribution is -2.48. The number of aromatic nitrogens is 1. The molecule has 3 rings (SSSR count). The lowest BCUT2D eigenvalue weighted by Gasteiger charge is -2.36. The average molecular weight is 497 g/mol. The van der Waals surface area contributed by atoms with E-state index in [9.17, 15) is 13.2 Å². The van der Waals surface area contributed by atoms with Crippen molar-refractivity contribution in [3.05, 3.63) is 52.8 Å². The molecule has 0 saturated carbocycles. The molecule has 0 spiro atoms. The van der Waals surface area contributed by atoms with E-state index in [-0.39, 0.29) is 11.6 Å². The molecule has 0 atom stereocenters. The highest BCUT2D eigenvalue weighted by atomic mass is 35.5. The summed E-state index contributed by atoms with van der Waals surface area (Å²) in [4.78, 5) is 19.7. The maximum atomic E-state index is 11.6. The zero-order valence-electron chi connectivity index (χ0n) is 18.9. The molecule has 1 saturated heterocycles. The van der Waals surface area contributed by atoms with Gasteiger partial charge < -0.3 is 19.9 Å². The Balaban J connectivity index is 0.000000245. The van der Waals surface area contributed by atoms with Gasteiger partial charge in [0.15, 0.2) is 0 Å². The number of carbonyl (C=O) groups excluding carboxylic acids is 1. The van der Waals surface area contributed by atoms with Crippen LogP contribution >= 0.6 is 11.6 Å². The van der Waals surface area contributed by atoms with Crippen LogP contribution in [0.1, 0.15) is 24.6 Å². The van der Waals surface area contributed by atoms with Crippen molar-refractivity contribution < 1.29 is 22.5 Å². The highest BCUT2D eigenvalue weighted by Crippen LogP contribution is 2.29. The van der Waals surface area contributed by atoms with Gasteiger partial charge in [-0.1, -0.05) is 18.5 Å². The van der Waals surface area contributed by atoms with E-state index < -0.39 is 15.9 Å². The molecule has 1 aliphatic heterocycles. The fourth-order valence-corrected chi connectivity index (χ4v) is 4.06. The molecule has 0 aliphatic carbocycles. The minimum atomic E-state index is -4.14. The molecule has 2 aromatic rings. The Morgan fingerprint density at radius 2 is 1.91 bits per heavy atom. The second-order valence-electron chi connectivity index (χ2n) is 7.38. The second-order valence-corrected chi connectivity index (χ2v) is 9.24. The average Bonchev–Trinajstić information content (AvgIpc) is 2.78. The van der Waals surface area contributed by atoms with Gasteiger partial charge in [-0.15, -0.1) is 0 Å². The third kappa shape index (κ3) is 7.99. The predicted molar refractivity (Wildman–Crippen MR) is 129 cm³/mol. The number of halogens is 1. The largest absolute Gasteiger partial charge is 0.495 e. The number of piperazine rings is 1. The third-order valence-corrected chi connectivity index (χ3v) is 6.06. The molecule has 0 radical (unpaired) electrons. The molecule has 2 N–H and O–H groups in total. The van der Waals surface area contributed by atoms with Crippen molar-refractivity contribution in [3.8, 4) is 5.75 Å². The number of carbonyl (C=O) groups is 1. The number of hydrogen-bond acceptors (Lipinski definition) is 7. The van der Waals surface area contributed by atoms with Crippen molar-refractivity contribution in [3.63, 3.8) is 0 Å². The molecule has 33 heavy (non-hydrogen) atoms. The number of benzene rings is 1. The minimum Gasteiger partial charge on any atom is -0.495 e. The summed E-state index contributed by atoms with van der Waals surface area (Å²) in [5.74, 6) is 0.235. The van der Waals surface area contributed by atoms with E-state index in [0.29, 0.717) is 28.5 Å². The van der Waals surface area contributed by atoms with E-state index in [0.717, 1.165) is 31.9 Å². The van der Waals surface area contributed by atoms with Crippen LogP contribution < -0.4 is 9.64 Å². The molecule has 9 nitrogen and oxygen atoms in total. The van der Waals surface area contributed by atoms with Gasteiger partial charge in [0.1, 0.15) is 11.5 Å². The number of hydrogen-bond donors (Lipinski definition) is 2. The topological polar surface area (TPSA) is 124 Å². The molecular weight excluding hydrogens is 468 g/mol. The van der Waals surface area contributed by atoms with Crippen LogP contribution in [0.3, 0.4) is 0 Å². The summed E-state index contributed by atoms with van der Waals surface area (Å²) in [5, 5.41) is 8.06. The van der Waals surface area contributed by atoms with Gasteiger partial charge >= 0.3 is 0 Å². The monoisotopic (exact) mass is 496 g/mol. The van der Waals surface area contributed by atoms with Crippen LogP contribution in [0.15, 0.2) is 36.5 Å². The number of ether oxygens (including phenoxy) is 1. The maximum absolute atomic E-state index is 11.6. The number of pyridine rings is 1. The molecular formula is C22H29ClN4O5S. The van der Waals surface area contributed by atoms with Gasteiger partial charge in [0.25, 0.3) is 10.1 Å². The first-order chi connectivity index (χ1) is 15.6. The first-order valence-corrected chi connectivity index (χ1v) is 12.3. The first kappa shape index (κ1) is 26.6. The van der Waals surface area contributed by atoms with E-state index in [1.165, 1.54) is 0 Å². The van der Waals surface area contributed by atoms with Crippen LogP contribution in [-0.4, -0.2) is 73.5 Å². The van der Waals surface area contributed by atoms with E-state index in [1.54, 1.807) is 32.4 Å². The zero-order chi connectivity index (χ0) is 24.6. The highest BCUT2D eigenvalue weighted by Gasteiger charge is 2.20. The number of aryl methyl sites for hydroxylation is 1. The summed E-state index contributed by atoms with van der Waals surface area (Å²) in [5.41, 5.74) is 1.94. The maximum Gasteiger partial charge on any atom is 0.270 e. The number of nitrogens with one attached hydrogen (secondary N) is 1. The first-order valence-electron chi connectivity index (χ1n) is 10.4. The van der Waals surface area contributed by atoms with Crippen molar-refractivity contribution in [1.82, 2.24) is 9.88 Å². The third-order valence-electron chi connectivity index (χ3n) is 5.09. The summed E-state index contributed by atoms with van der Waals surface area (Å²) in [6, 6.07) is 8.98. The number of nitrogens with zero attached hydrogens (tertiary/aromatic N) is 3. The second kappa shape index (κ2) is 12.0. The van der Waals surface area contributed by atoms with Crippen molar-refractivity contribution in [2.75, 3.05) is 43.9 Å². The van der Waals surface area contributed by atoms with Crippen molar-refractivity contribution in [1.29, 1.82) is 5.41 Å². The number of methoxy groups -OCH3 is 1. The molecule has 0 unspecified atom stereocenters. The van der Waals surface area contributed by atoms with Crippen LogP contribution in [-0.2, 0) is 14.9 Å². The van der Waals surface area contributed by atoms with Crippen LogP contribution in [0, 0.1) is 12.3 Å². The minimum absolute atomic E-state index is 0.155. The Bertz CT molecular complexity index is 1090. The molecule has 1 aliphatic rings. The van der Waals surface area contributed by atoms with E-state index in [2.05, 4.69) is 9.88 Å². The molecule has 1 aromatic heterocycles. The highest BCUT2D eigenvalue weighted by molar-refractivity contribution is 7.86. The van der Waals surface area contributed by atoms with Gasteiger partial charge in [-0.25, -0.2) is 0 Å². The van der Waals surface area contributed by atoms with Gasteiger partial charge in [-0.2, -0.15) is 8.42 Å². The molecule has 180 valence electrons. The predicted octanol–water partition coefficient (Wildman–Crippen LogP) is 3.05. The van der Waals surface area contributed by atoms with Crippen molar-refractivity contribution in [2.24, 2.45) is 0 Å². The number of amides is 1. The number of anilines is 1. The lowest BCUT2D eigenvalue weighted by molar-refractivity contribution is -0.131. The van der Waals surface area contributed by atoms with Crippen LogP contribution in [0.4, 0.5) is 5.69 Å². The Labute approximate surface area is 199 Å². The quantitative estimate of drug-likeness (QED) is 0.465. The Hall–Kier alpha value is -2.69. The smallest absolute Gasteiger partial charge is 0.270 e. The van der Waals surface area contributed by atoms with Gasteiger partial charge in [-0.05, 0) is 31.2 Å². The van der Waals surface area contributed by atoms with Gasteiger partial charge in [-0.3, -0.25) is 14.3 Å². The van der Waals surface area contributed by atoms with E-state index in [4.69, 9.17) is 26.3 Å². The fraction of sp³-hybridized carbons (Fsp3) is 0.409. The standard InChI is InChI=1S/C14H19ClN2O2.C8H10N2O3S/c1-3-14(18)17-8-6-16(7-9-17)11-4-5-12(15)13(10-11)19-2;1-6-7(3-2-4-10-6)8(9)5-14(11,12)13/h4-5,10H,3,6-9H2,1-2H3;2-4,9H,5H2,1H3,(H,11,12,13). The fourth-order valence-electron chi connectivity index (χ4n) is 3.35. The normalized spacial score (nSPS) is 13.7. The summed E-state index contributed by atoms with van der Waals surface area (Å²) in [6.45, 7) is 6.81. The summed E-state index contributed by atoms with van der Waals surface area (Å²) in [7, 11) is -2.53. The SMILES string of the molecule is CCC(=O)N1CCN(c2ccc(Cl)c(OC)c2)CC1.Cc1ncccc1C(=N)CS(=O)(=O)O. The van der Waals surface area contributed by atoms with Gasteiger partial charge in [0.05, 0.1) is 17.8 Å². The lowest BCUT2D eigenvalue weighted by atomic mass is 10.1. The van der Waals surface area contributed by atoms with Crippen molar-refractivity contribution in [2.45, 2.75) is 20.3 Å². The van der Waals surface area contributed by atoms with Crippen LogP contribution in [0.5, 0.6) is 5.75 Å². The Kier molecular flexibility index (Phi) is 9.63. The molecule has 1 aromatic carbocycles. The Morgan fingerprint density at radius 1 is 1.24 bits per heavy atom. The molecule has 1 amide bonds.